The maximum absolute atomic E-state index is 12.3. The molecule has 104 valence electrons. The quantitative estimate of drug-likeness (QED) is 0.740. The molecule has 0 saturated carbocycles. The molecule has 0 aliphatic heterocycles. The SMILES string of the molecule is O=C(c1ccccc1)C1C=C(Cl)C(O)=CC1(O)C(=O)O. The Bertz CT molecular complexity index is 620. The van der Waals surface area contributed by atoms with Gasteiger partial charge in [-0.1, -0.05) is 41.9 Å². The second kappa shape index (κ2) is 5.11. The van der Waals surface area contributed by atoms with Crippen molar-refractivity contribution < 1.29 is 24.9 Å². The Balaban J connectivity index is 2.48. The van der Waals surface area contributed by atoms with Crippen LogP contribution in [0.5, 0.6) is 0 Å². The molecule has 0 fully saturated rings. The minimum absolute atomic E-state index is 0.176. The second-order valence-corrected chi connectivity index (χ2v) is 4.79. The standard InChI is InChI=1S/C14H11ClO5/c15-10-6-9(12(17)8-4-2-1-3-5-8)14(20,13(18)19)7-11(10)16/h1-7,9,16,20H,(H,18,19). The number of carbonyl (C=O) groups is 2. The molecule has 0 saturated heterocycles. The summed E-state index contributed by atoms with van der Waals surface area (Å²) in [6.45, 7) is 0. The minimum atomic E-state index is -2.53. The highest BCUT2D eigenvalue weighted by molar-refractivity contribution is 6.32. The van der Waals surface area contributed by atoms with Gasteiger partial charge in [-0.05, 0) is 6.08 Å². The lowest BCUT2D eigenvalue weighted by atomic mass is 9.78. The van der Waals surface area contributed by atoms with E-state index in [1.165, 1.54) is 12.1 Å². The number of halogens is 1. The lowest BCUT2D eigenvalue weighted by molar-refractivity contribution is -0.155. The molecule has 0 aromatic heterocycles. The molecule has 2 unspecified atom stereocenters. The van der Waals surface area contributed by atoms with E-state index in [4.69, 9.17) is 16.7 Å². The first-order valence-electron chi connectivity index (χ1n) is 5.71. The van der Waals surface area contributed by atoms with Gasteiger partial charge in [-0.25, -0.2) is 4.79 Å². The van der Waals surface area contributed by atoms with Crippen LogP contribution in [0.3, 0.4) is 0 Å². The predicted molar refractivity (Wildman–Crippen MR) is 71.5 cm³/mol. The van der Waals surface area contributed by atoms with Gasteiger partial charge >= 0.3 is 5.97 Å². The molecule has 5 nitrogen and oxygen atoms in total. The van der Waals surface area contributed by atoms with E-state index in [-0.39, 0.29) is 10.6 Å². The van der Waals surface area contributed by atoms with E-state index < -0.39 is 29.0 Å². The molecule has 0 amide bonds. The molecule has 0 heterocycles. The molecule has 1 aliphatic carbocycles. The van der Waals surface area contributed by atoms with Crippen molar-refractivity contribution in [3.05, 3.63) is 58.8 Å². The first-order valence-corrected chi connectivity index (χ1v) is 6.08. The van der Waals surface area contributed by atoms with Crippen LogP contribution in [-0.2, 0) is 4.79 Å². The molecule has 20 heavy (non-hydrogen) atoms. The summed E-state index contributed by atoms with van der Waals surface area (Å²) in [7, 11) is 0. The van der Waals surface area contributed by atoms with Crippen LogP contribution < -0.4 is 0 Å². The highest BCUT2D eigenvalue weighted by Crippen LogP contribution is 2.34. The third kappa shape index (κ3) is 2.33. The molecule has 0 bridgehead atoms. The number of hydrogen-bond acceptors (Lipinski definition) is 4. The van der Waals surface area contributed by atoms with Crippen molar-refractivity contribution in [3.8, 4) is 0 Å². The number of aliphatic hydroxyl groups excluding tert-OH is 1. The van der Waals surface area contributed by atoms with Crippen LogP contribution in [0.4, 0.5) is 0 Å². The van der Waals surface area contributed by atoms with Gasteiger partial charge in [0, 0.05) is 11.6 Å². The number of allylic oxidation sites excluding steroid dienone is 1. The van der Waals surface area contributed by atoms with Crippen LogP contribution in [0.1, 0.15) is 10.4 Å². The van der Waals surface area contributed by atoms with Crippen molar-refractivity contribution in [3.63, 3.8) is 0 Å². The van der Waals surface area contributed by atoms with E-state index in [9.17, 15) is 19.8 Å². The van der Waals surface area contributed by atoms with Crippen molar-refractivity contribution >= 4 is 23.4 Å². The molecule has 0 spiro atoms. The summed E-state index contributed by atoms with van der Waals surface area (Å²) in [5.74, 6) is -4.23. The van der Waals surface area contributed by atoms with E-state index >= 15 is 0 Å². The Morgan fingerprint density at radius 2 is 1.80 bits per heavy atom. The summed E-state index contributed by atoms with van der Waals surface area (Å²) in [5, 5.41) is 28.6. The lowest BCUT2D eigenvalue weighted by Gasteiger charge is -2.30. The average molecular weight is 295 g/mol. The third-order valence-electron chi connectivity index (χ3n) is 3.07. The molecule has 2 atom stereocenters. The van der Waals surface area contributed by atoms with Crippen molar-refractivity contribution in [1.29, 1.82) is 0 Å². The molecule has 1 aromatic rings. The monoisotopic (exact) mass is 294 g/mol. The van der Waals surface area contributed by atoms with E-state index in [1.54, 1.807) is 18.2 Å². The maximum atomic E-state index is 12.3. The lowest BCUT2D eigenvalue weighted by Crippen LogP contribution is -2.48. The van der Waals surface area contributed by atoms with Gasteiger partial charge in [-0.2, -0.15) is 0 Å². The van der Waals surface area contributed by atoms with Gasteiger partial charge in [0.25, 0.3) is 0 Å². The molecule has 2 rings (SSSR count). The average Bonchev–Trinajstić information content (AvgIpc) is 2.43. The van der Waals surface area contributed by atoms with Crippen molar-refractivity contribution in [1.82, 2.24) is 0 Å². The first-order chi connectivity index (χ1) is 9.36. The third-order valence-corrected chi connectivity index (χ3v) is 3.39. The number of rotatable bonds is 3. The maximum Gasteiger partial charge on any atom is 0.341 e. The van der Waals surface area contributed by atoms with Crippen LogP contribution in [0.2, 0.25) is 0 Å². The molecular formula is C14H11ClO5. The van der Waals surface area contributed by atoms with Gasteiger partial charge in [0.15, 0.2) is 11.4 Å². The van der Waals surface area contributed by atoms with Crippen molar-refractivity contribution in [2.24, 2.45) is 5.92 Å². The summed E-state index contributed by atoms with van der Waals surface area (Å²) in [4.78, 5) is 23.6. The molecular weight excluding hydrogens is 284 g/mol. The highest BCUT2D eigenvalue weighted by atomic mass is 35.5. The Morgan fingerprint density at radius 3 is 2.35 bits per heavy atom. The van der Waals surface area contributed by atoms with Crippen LogP contribution in [0.15, 0.2) is 53.3 Å². The Labute approximate surface area is 119 Å². The summed E-state index contributed by atoms with van der Waals surface area (Å²) in [5.41, 5.74) is -2.29. The normalized spacial score (nSPS) is 25.6. The fraction of sp³-hybridized carbons (Fsp3) is 0.143. The number of carboxylic acid groups (broad SMARTS) is 1. The second-order valence-electron chi connectivity index (χ2n) is 4.38. The van der Waals surface area contributed by atoms with Crippen LogP contribution in [0, 0.1) is 5.92 Å². The van der Waals surface area contributed by atoms with Crippen LogP contribution in [0.25, 0.3) is 0 Å². The topological polar surface area (TPSA) is 94.8 Å². The van der Waals surface area contributed by atoms with Gasteiger partial charge in [0.2, 0.25) is 0 Å². The smallest absolute Gasteiger partial charge is 0.341 e. The number of benzene rings is 1. The van der Waals surface area contributed by atoms with E-state index in [1.807, 2.05) is 0 Å². The number of Topliss-reactive ketones (excluding diaryl/α,β-unsaturated/α-hetero) is 1. The number of carbonyl (C=O) groups excluding carboxylic acids is 1. The summed E-state index contributed by atoms with van der Waals surface area (Å²) in [6.07, 6.45) is 1.71. The number of carboxylic acids is 1. The van der Waals surface area contributed by atoms with Gasteiger partial charge in [0.1, 0.15) is 5.76 Å². The zero-order valence-electron chi connectivity index (χ0n) is 10.2. The molecule has 1 aromatic carbocycles. The van der Waals surface area contributed by atoms with Crippen LogP contribution >= 0.6 is 11.6 Å². The molecule has 0 radical (unpaired) electrons. The summed E-state index contributed by atoms with van der Waals surface area (Å²) >= 11 is 5.71. The summed E-state index contributed by atoms with van der Waals surface area (Å²) in [6, 6.07) is 7.95. The Hall–Kier alpha value is -2.11. The minimum Gasteiger partial charge on any atom is -0.507 e. The van der Waals surface area contributed by atoms with Gasteiger partial charge in [-0.3, -0.25) is 4.79 Å². The largest absolute Gasteiger partial charge is 0.507 e. The molecule has 3 N–H and O–H groups in total. The number of hydrogen-bond donors (Lipinski definition) is 3. The van der Waals surface area contributed by atoms with Crippen molar-refractivity contribution in [2.75, 3.05) is 0 Å². The van der Waals surface area contributed by atoms with E-state index in [0.29, 0.717) is 6.08 Å². The van der Waals surface area contributed by atoms with Gasteiger partial charge in [0.05, 0.1) is 11.0 Å². The van der Waals surface area contributed by atoms with Gasteiger partial charge < -0.3 is 15.3 Å². The fourth-order valence-corrected chi connectivity index (χ4v) is 2.16. The zero-order valence-corrected chi connectivity index (χ0v) is 10.9. The fourth-order valence-electron chi connectivity index (χ4n) is 1.98. The van der Waals surface area contributed by atoms with E-state index in [2.05, 4.69) is 0 Å². The van der Waals surface area contributed by atoms with E-state index in [0.717, 1.165) is 6.08 Å². The highest BCUT2D eigenvalue weighted by Gasteiger charge is 2.48. The predicted octanol–water partition coefficient (Wildman–Crippen LogP) is 1.88. The molecule has 1 aliphatic rings. The number of ketones is 1. The summed E-state index contributed by atoms with van der Waals surface area (Å²) < 4.78 is 0. The van der Waals surface area contributed by atoms with Crippen molar-refractivity contribution in [2.45, 2.75) is 5.60 Å². The van der Waals surface area contributed by atoms with Gasteiger partial charge in [-0.15, -0.1) is 0 Å². The number of aliphatic hydroxyl groups is 2. The molecule has 6 heteroatoms. The number of aliphatic carboxylic acids is 1. The zero-order chi connectivity index (χ0) is 14.9. The Morgan fingerprint density at radius 1 is 1.20 bits per heavy atom. The Kier molecular flexibility index (Phi) is 3.65. The first kappa shape index (κ1) is 14.3. The van der Waals surface area contributed by atoms with Crippen LogP contribution in [-0.4, -0.2) is 32.7 Å².